The molecule has 8 heteroatoms. The first kappa shape index (κ1) is 23.9. The molecule has 0 atom stereocenters. The molecule has 1 N–H and O–H groups in total. The van der Waals surface area contributed by atoms with Gasteiger partial charge in [-0.2, -0.15) is 0 Å². The SMILES string of the molecule is CCC(CC)n1c(COc2ccccc2Cl)nnc1SCC(=O)NC1CCCCCC1. The van der Waals surface area contributed by atoms with E-state index in [0.717, 1.165) is 36.7 Å². The van der Waals surface area contributed by atoms with Crippen LogP contribution in [0.5, 0.6) is 5.75 Å². The van der Waals surface area contributed by atoms with Crippen molar-refractivity contribution in [1.82, 2.24) is 20.1 Å². The zero-order chi connectivity index (χ0) is 22.1. The van der Waals surface area contributed by atoms with Gasteiger partial charge in [-0.05, 0) is 37.8 Å². The minimum absolute atomic E-state index is 0.0739. The molecule has 3 rings (SSSR count). The van der Waals surface area contributed by atoms with Gasteiger partial charge < -0.3 is 14.6 Å². The summed E-state index contributed by atoms with van der Waals surface area (Å²) in [7, 11) is 0. The number of halogens is 1. The molecule has 1 aliphatic rings. The van der Waals surface area contributed by atoms with Gasteiger partial charge in [-0.25, -0.2) is 0 Å². The van der Waals surface area contributed by atoms with Crippen LogP contribution >= 0.6 is 23.4 Å². The Morgan fingerprint density at radius 1 is 1.19 bits per heavy atom. The van der Waals surface area contributed by atoms with Crippen molar-refractivity contribution in [2.75, 3.05) is 5.75 Å². The van der Waals surface area contributed by atoms with Gasteiger partial charge in [0.15, 0.2) is 11.0 Å². The van der Waals surface area contributed by atoms with E-state index in [1.165, 1.54) is 37.4 Å². The second-order valence-electron chi connectivity index (χ2n) is 8.00. The molecule has 1 fully saturated rings. The molecule has 170 valence electrons. The van der Waals surface area contributed by atoms with Crippen molar-refractivity contribution in [3.8, 4) is 5.75 Å². The summed E-state index contributed by atoms with van der Waals surface area (Å²) in [6.45, 7) is 4.59. The molecular weight excluding hydrogens is 432 g/mol. The van der Waals surface area contributed by atoms with Crippen molar-refractivity contribution >= 4 is 29.3 Å². The number of amides is 1. The van der Waals surface area contributed by atoms with Gasteiger partial charge in [0, 0.05) is 12.1 Å². The van der Waals surface area contributed by atoms with E-state index in [-0.39, 0.29) is 18.6 Å². The second kappa shape index (κ2) is 12.3. The number of carbonyl (C=O) groups is 1. The highest BCUT2D eigenvalue weighted by atomic mass is 35.5. The molecule has 1 aliphatic carbocycles. The maximum Gasteiger partial charge on any atom is 0.230 e. The summed E-state index contributed by atoms with van der Waals surface area (Å²) in [5.41, 5.74) is 0. The Balaban J connectivity index is 1.65. The van der Waals surface area contributed by atoms with Crippen LogP contribution in [0.4, 0.5) is 0 Å². The van der Waals surface area contributed by atoms with Gasteiger partial charge >= 0.3 is 0 Å². The Bertz CT molecular complexity index is 833. The lowest BCUT2D eigenvalue weighted by molar-refractivity contribution is -0.119. The molecule has 0 saturated heterocycles. The highest BCUT2D eigenvalue weighted by Gasteiger charge is 2.21. The molecule has 0 aliphatic heterocycles. The standard InChI is InChI=1S/C23H33ClN4O2S/c1-3-18(4-2)28-21(15-30-20-14-10-9-13-19(20)24)26-27-23(28)31-16-22(29)25-17-11-7-5-6-8-12-17/h9-10,13-14,17-18H,3-8,11-12,15-16H2,1-2H3,(H,25,29). The van der Waals surface area contributed by atoms with Crippen LogP contribution in [0.2, 0.25) is 5.02 Å². The fraction of sp³-hybridized carbons (Fsp3) is 0.609. The highest BCUT2D eigenvalue weighted by Crippen LogP contribution is 2.28. The minimum atomic E-state index is 0.0739. The Kier molecular flexibility index (Phi) is 9.53. The Labute approximate surface area is 194 Å². The largest absolute Gasteiger partial charge is 0.484 e. The molecule has 0 unspecified atom stereocenters. The number of hydrogen-bond donors (Lipinski definition) is 1. The summed E-state index contributed by atoms with van der Waals surface area (Å²) in [4.78, 5) is 12.5. The number of hydrogen-bond acceptors (Lipinski definition) is 5. The van der Waals surface area contributed by atoms with Crippen LogP contribution < -0.4 is 10.1 Å². The smallest absolute Gasteiger partial charge is 0.230 e. The maximum atomic E-state index is 12.5. The zero-order valence-electron chi connectivity index (χ0n) is 18.5. The van der Waals surface area contributed by atoms with Crippen LogP contribution in [-0.4, -0.2) is 32.5 Å². The number of para-hydroxylation sites is 1. The highest BCUT2D eigenvalue weighted by molar-refractivity contribution is 7.99. The van der Waals surface area contributed by atoms with Crippen molar-refractivity contribution in [1.29, 1.82) is 0 Å². The van der Waals surface area contributed by atoms with E-state index < -0.39 is 0 Å². The fourth-order valence-corrected chi connectivity index (χ4v) is 5.08. The maximum absolute atomic E-state index is 12.5. The normalized spacial score (nSPS) is 15.1. The Morgan fingerprint density at radius 3 is 2.58 bits per heavy atom. The molecule has 0 radical (unpaired) electrons. The van der Waals surface area contributed by atoms with Crippen LogP contribution in [0.25, 0.3) is 0 Å². The van der Waals surface area contributed by atoms with Crippen LogP contribution in [0.3, 0.4) is 0 Å². The predicted octanol–water partition coefficient (Wildman–Crippen LogP) is 5.80. The van der Waals surface area contributed by atoms with E-state index in [2.05, 4.69) is 33.9 Å². The first-order valence-electron chi connectivity index (χ1n) is 11.4. The Morgan fingerprint density at radius 2 is 1.90 bits per heavy atom. The van der Waals surface area contributed by atoms with Crippen molar-refractivity contribution in [3.63, 3.8) is 0 Å². The monoisotopic (exact) mass is 464 g/mol. The van der Waals surface area contributed by atoms with Crippen LogP contribution in [0.15, 0.2) is 29.4 Å². The predicted molar refractivity (Wildman–Crippen MR) is 126 cm³/mol. The molecule has 1 aromatic heterocycles. The summed E-state index contributed by atoms with van der Waals surface area (Å²) in [6.07, 6.45) is 9.04. The van der Waals surface area contributed by atoms with Gasteiger partial charge in [0.05, 0.1) is 10.8 Å². The number of nitrogens with zero attached hydrogens (tertiary/aromatic N) is 3. The molecule has 2 aromatic rings. The summed E-state index contributed by atoms with van der Waals surface area (Å²) < 4.78 is 8.04. The third-order valence-electron chi connectivity index (χ3n) is 5.79. The van der Waals surface area contributed by atoms with Gasteiger partial charge in [-0.1, -0.05) is 75.0 Å². The molecular formula is C23H33ClN4O2S. The second-order valence-corrected chi connectivity index (χ2v) is 9.35. The van der Waals surface area contributed by atoms with Gasteiger partial charge in [0.2, 0.25) is 5.91 Å². The van der Waals surface area contributed by atoms with Crippen molar-refractivity contribution < 1.29 is 9.53 Å². The Hall–Kier alpha value is -1.73. The lowest BCUT2D eigenvalue weighted by Gasteiger charge is -2.20. The zero-order valence-corrected chi connectivity index (χ0v) is 20.1. The fourth-order valence-electron chi connectivity index (χ4n) is 4.05. The summed E-state index contributed by atoms with van der Waals surface area (Å²) >= 11 is 7.66. The first-order chi connectivity index (χ1) is 15.1. The van der Waals surface area contributed by atoms with Gasteiger partial charge in [-0.3, -0.25) is 4.79 Å². The minimum Gasteiger partial charge on any atom is -0.484 e. The number of benzene rings is 1. The van der Waals surface area contributed by atoms with Crippen molar-refractivity contribution in [2.24, 2.45) is 0 Å². The average molecular weight is 465 g/mol. The van der Waals surface area contributed by atoms with Gasteiger partial charge in [-0.15, -0.1) is 10.2 Å². The van der Waals surface area contributed by atoms with E-state index in [1.807, 2.05) is 18.2 Å². The lowest BCUT2D eigenvalue weighted by Crippen LogP contribution is -2.35. The average Bonchev–Trinajstić information content (AvgIpc) is 2.99. The number of aromatic nitrogens is 3. The number of rotatable bonds is 10. The number of carbonyl (C=O) groups excluding carboxylic acids is 1. The molecule has 0 spiro atoms. The number of ether oxygens (including phenoxy) is 1. The van der Waals surface area contributed by atoms with E-state index in [1.54, 1.807) is 6.07 Å². The molecule has 1 heterocycles. The summed E-state index contributed by atoms with van der Waals surface area (Å²) in [5, 5.41) is 13.3. The third kappa shape index (κ3) is 6.88. The van der Waals surface area contributed by atoms with Gasteiger partial charge in [0.1, 0.15) is 12.4 Å². The third-order valence-corrected chi connectivity index (χ3v) is 7.04. The van der Waals surface area contributed by atoms with E-state index >= 15 is 0 Å². The first-order valence-corrected chi connectivity index (χ1v) is 12.7. The molecule has 1 amide bonds. The van der Waals surface area contributed by atoms with E-state index in [9.17, 15) is 4.79 Å². The van der Waals surface area contributed by atoms with E-state index in [0.29, 0.717) is 22.6 Å². The van der Waals surface area contributed by atoms with Crippen molar-refractivity contribution in [3.05, 3.63) is 35.1 Å². The van der Waals surface area contributed by atoms with Crippen LogP contribution in [0.1, 0.15) is 77.1 Å². The summed E-state index contributed by atoms with van der Waals surface area (Å²) in [5.74, 6) is 1.80. The molecule has 1 aromatic carbocycles. The molecule has 31 heavy (non-hydrogen) atoms. The van der Waals surface area contributed by atoms with E-state index in [4.69, 9.17) is 16.3 Å². The quantitative estimate of drug-likeness (QED) is 0.355. The topological polar surface area (TPSA) is 69.0 Å². The van der Waals surface area contributed by atoms with Crippen LogP contribution in [-0.2, 0) is 11.4 Å². The van der Waals surface area contributed by atoms with Crippen molar-refractivity contribution in [2.45, 2.75) is 89.1 Å². The lowest BCUT2D eigenvalue weighted by atomic mass is 10.1. The molecule has 1 saturated carbocycles. The number of thioether (sulfide) groups is 1. The summed E-state index contributed by atoms with van der Waals surface area (Å²) in [6, 6.07) is 7.97. The number of nitrogens with one attached hydrogen (secondary N) is 1. The molecule has 0 bridgehead atoms. The van der Waals surface area contributed by atoms with Crippen LogP contribution in [0, 0.1) is 0 Å². The molecule has 6 nitrogen and oxygen atoms in total. The van der Waals surface area contributed by atoms with Gasteiger partial charge in [0.25, 0.3) is 0 Å².